The van der Waals surface area contributed by atoms with Crippen LogP contribution in [0.15, 0.2) is 40.4 Å². The van der Waals surface area contributed by atoms with Gasteiger partial charge in [0.15, 0.2) is 5.82 Å². The van der Waals surface area contributed by atoms with E-state index in [1.807, 2.05) is 0 Å². The van der Waals surface area contributed by atoms with Gasteiger partial charge in [0.25, 0.3) is 0 Å². The molecule has 0 amide bonds. The van der Waals surface area contributed by atoms with E-state index in [0.29, 0.717) is 35.5 Å². The van der Waals surface area contributed by atoms with Crippen molar-refractivity contribution in [1.82, 2.24) is 9.55 Å². The molecule has 4 heteroatoms. The molecule has 0 unspecified atom stereocenters. The van der Waals surface area contributed by atoms with Crippen LogP contribution in [0.4, 0.5) is 11.4 Å². The fourth-order valence-electron chi connectivity index (χ4n) is 5.51. The van der Waals surface area contributed by atoms with Crippen molar-refractivity contribution in [1.29, 1.82) is 0 Å². The number of imidazole rings is 1. The van der Waals surface area contributed by atoms with E-state index >= 15 is 0 Å². The average Bonchev–Trinajstić information content (AvgIpc) is 3.29. The lowest BCUT2D eigenvalue weighted by atomic mass is 9.87. The number of aromatic nitrogens is 2. The van der Waals surface area contributed by atoms with Crippen LogP contribution in [-0.4, -0.2) is 21.0 Å². The molecule has 4 nitrogen and oxygen atoms in total. The highest BCUT2D eigenvalue weighted by Crippen LogP contribution is 2.39. The summed E-state index contributed by atoms with van der Waals surface area (Å²) in [6.07, 6.45) is 2.09. The van der Waals surface area contributed by atoms with Gasteiger partial charge in [0.1, 0.15) is 5.69 Å². The van der Waals surface area contributed by atoms with Crippen molar-refractivity contribution < 1.29 is 0 Å². The molecule has 0 N–H and O–H groups in total. The van der Waals surface area contributed by atoms with Crippen LogP contribution in [0.5, 0.6) is 0 Å². The van der Waals surface area contributed by atoms with Crippen LogP contribution in [0, 0.1) is 0 Å². The number of hydrogen-bond acceptors (Lipinski definition) is 3. The number of rotatable bonds is 10. The van der Waals surface area contributed by atoms with E-state index in [1.165, 1.54) is 33.4 Å². The number of aryl methyl sites for hydroxylation is 1. The third kappa shape index (κ3) is 7.30. The molecule has 3 rings (SSSR count). The van der Waals surface area contributed by atoms with Gasteiger partial charge in [0, 0.05) is 13.2 Å². The van der Waals surface area contributed by atoms with Crippen LogP contribution in [0.3, 0.4) is 0 Å². The molecule has 2 aromatic carbocycles. The second-order valence-electron chi connectivity index (χ2n) is 14.0. The zero-order chi connectivity index (χ0) is 31.6. The van der Waals surface area contributed by atoms with Crippen molar-refractivity contribution in [2.24, 2.45) is 17.0 Å². The van der Waals surface area contributed by atoms with Crippen molar-refractivity contribution >= 4 is 22.8 Å². The van der Waals surface area contributed by atoms with Crippen LogP contribution in [0.25, 0.3) is 0 Å². The molecule has 0 spiro atoms. The zero-order valence-electron chi connectivity index (χ0n) is 29.1. The molecule has 0 saturated heterocycles. The molecule has 0 aliphatic heterocycles. The first-order chi connectivity index (χ1) is 19.5. The van der Waals surface area contributed by atoms with Gasteiger partial charge in [-0.05, 0) is 82.7 Å². The third-order valence-electron chi connectivity index (χ3n) is 8.33. The summed E-state index contributed by atoms with van der Waals surface area (Å²) in [7, 11) is 2.06. The minimum Gasteiger partial charge on any atom is -0.332 e. The predicted molar refractivity (Wildman–Crippen MR) is 184 cm³/mol. The largest absolute Gasteiger partial charge is 0.332 e. The minimum absolute atomic E-state index is 0.381. The van der Waals surface area contributed by atoms with Crippen molar-refractivity contribution in [3.8, 4) is 0 Å². The summed E-state index contributed by atoms with van der Waals surface area (Å²) in [4.78, 5) is 15.6. The molecular weight excluding hydrogens is 512 g/mol. The quantitative estimate of drug-likeness (QED) is 0.224. The molecule has 0 radical (unpaired) electrons. The van der Waals surface area contributed by atoms with Crippen molar-refractivity contribution in [3.63, 3.8) is 0 Å². The smallest absolute Gasteiger partial charge is 0.154 e. The first-order valence-corrected chi connectivity index (χ1v) is 16.0. The van der Waals surface area contributed by atoms with Crippen LogP contribution in [0.2, 0.25) is 0 Å². The summed E-state index contributed by atoms with van der Waals surface area (Å²) in [5.41, 5.74) is 13.0. The number of benzene rings is 2. The number of hydrogen-bond donors (Lipinski definition) is 0. The third-order valence-corrected chi connectivity index (χ3v) is 8.33. The lowest BCUT2D eigenvalue weighted by Gasteiger charge is -2.21. The van der Waals surface area contributed by atoms with E-state index in [1.54, 1.807) is 0 Å². The SMILES string of the molecule is CC(=Nc1c(C(C)C)cc(C(C)C)cc1C(C)C)c1cn(C)c(C(C)=Nc2c(C(C)C)cc(C(C)C)cc2C(C)C)n1. The van der Waals surface area contributed by atoms with Gasteiger partial charge in [-0.2, -0.15) is 0 Å². The Morgan fingerprint density at radius 1 is 0.548 bits per heavy atom. The highest BCUT2D eigenvalue weighted by molar-refractivity contribution is 6.02. The van der Waals surface area contributed by atoms with E-state index < -0.39 is 0 Å². The van der Waals surface area contributed by atoms with E-state index in [2.05, 4.69) is 139 Å². The second kappa shape index (κ2) is 13.5. The van der Waals surface area contributed by atoms with Crippen molar-refractivity contribution in [3.05, 3.63) is 75.4 Å². The van der Waals surface area contributed by atoms with Crippen LogP contribution in [0.1, 0.15) is 177 Å². The Kier molecular flexibility index (Phi) is 10.8. The monoisotopic (exact) mass is 568 g/mol. The maximum absolute atomic E-state index is 5.28. The molecule has 3 aromatic rings. The summed E-state index contributed by atoms with van der Waals surface area (Å²) >= 11 is 0. The Balaban J connectivity index is 2.15. The Hall–Kier alpha value is -3.01. The van der Waals surface area contributed by atoms with E-state index in [-0.39, 0.29) is 0 Å². The highest BCUT2D eigenvalue weighted by Gasteiger charge is 2.20. The minimum atomic E-state index is 0.381. The lowest BCUT2D eigenvalue weighted by Crippen LogP contribution is -2.06. The Bertz CT molecular complexity index is 1400. The van der Waals surface area contributed by atoms with Gasteiger partial charge in [-0.1, -0.05) is 107 Å². The Labute approximate surface area is 256 Å². The summed E-state index contributed by atoms with van der Waals surface area (Å²) in [6.45, 7) is 31.4. The van der Waals surface area contributed by atoms with Gasteiger partial charge in [0.05, 0.1) is 22.8 Å². The maximum atomic E-state index is 5.28. The molecule has 0 aliphatic carbocycles. The number of aliphatic imine (C=N–C) groups is 2. The van der Waals surface area contributed by atoms with E-state index in [4.69, 9.17) is 15.0 Å². The molecule has 0 bridgehead atoms. The number of nitrogens with zero attached hydrogens (tertiary/aromatic N) is 4. The average molecular weight is 569 g/mol. The molecule has 228 valence electrons. The molecule has 0 fully saturated rings. The maximum Gasteiger partial charge on any atom is 0.154 e. The van der Waals surface area contributed by atoms with Gasteiger partial charge in [-0.25, -0.2) is 9.98 Å². The first kappa shape index (κ1) is 33.5. The van der Waals surface area contributed by atoms with E-state index in [0.717, 1.165) is 34.3 Å². The fraction of sp³-hybridized carbons (Fsp3) is 0.553. The van der Waals surface area contributed by atoms with Crippen LogP contribution >= 0.6 is 0 Å². The molecule has 1 aromatic heterocycles. The molecule has 0 atom stereocenters. The Morgan fingerprint density at radius 3 is 1.19 bits per heavy atom. The molecule has 1 heterocycles. The van der Waals surface area contributed by atoms with Gasteiger partial charge >= 0.3 is 0 Å². The van der Waals surface area contributed by atoms with Crippen molar-refractivity contribution in [2.75, 3.05) is 0 Å². The van der Waals surface area contributed by atoms with Gasteiger partial charge in [0.2, 0.25) is 0 Å². The molecular formula is C38H56N4. The van der Waals surface area contributed by atoms with Crippen LogP contribution in [-0.2, 0) is 7.05 Å². The predicted octanol–water partition coefficient (Wildman–Crippen LogP) is 11.4. The lowest BCUT2D eigenvalue weighted by molar-refractivity contribution is 0.804. The van der Waals surface area contributed by atoms with Crippen molar-refractivity contribution in [2.45, 2.75) is 132 Å². The summed E-state index contributed by atoms with van der Waals surface area (Å²) in [5.74, 6) is 3.36. The summed E-state index contributed by atoms with van der Waals surface area (Å²) < 4.78 is 2.09. The van der Waals surface area contributed by atoms with Crippen LogP contribution < -0.4 is 0 Å². The normalized spacial score (nSPS) is 13.3. The standard InChI is InChI=1S/C38H56N4/c1-21(2)29-16-31(23(5)6)36(32(17-29)24(7)8)39-27(13)35-20-42(15)38(41-35)28(14)40-37-33(25(9)10)18-30(22(3)4)19-34(37)26(11)12/h16-26H,1-15H3. The van der Waals surface area contributed by atoms with E-state index in [9.17, 15) is 0 Å². The van der Waals surface area contributed by atoms with Gasteiger partial charge in [-0.15, -0.1) is 0 Å². The molecule has 0 aliphatic rings. The molecule has 0 saturated carbocycles. The summed E-state index contributed by atoms with van der Waals surface area (Å²) in [6, 6.07) is 9.43. The fourth-order valence-corrected chi connectivity index (χ4v) is 5.51. The molecule has 42 heavy (non-hydrogen) atoms. The van der Waals surface area contributed by atoms with Gasteiger partial charge < -0.3 is 4.57 Å². The highest BCUT2D eigenvalue weighted by atomic mass is 15.1. The Morgan fingerprint density at radius 2 is 0.881 bits per heavy atom. The van der Waals surface area contributed by atoms with Gasteiger partial charge in [-0.3, -0.25) is 4.99 Å². The first-order valence-electron chi connectivity index (χ1n) is 16.0. The summed E-state index contributed by atoms with van der Waals surface area (Å²) in [5, 5.41) is 0. The topological polar surface area (TPSA) is 42.5 Å². The second-order valence-corrected chi connectivity index (χ2v) is 14.0. The zero-order valence-corrected chi connectivity index (χ0v) is 29.1.